The van der Waals surface area contributed by atoms with Crippen molar-refractivity contribution in [1.82, 2.24) is 0 Å². The van der Waals surface area contributed by atoms with Gasteiger partial charge < -0.3 is 11.5 Å². The molecule has 0 aliphatic rings. The Morgan fingerprint density at radius 1 is 0.545 bits per heavy atom. The van der Waals surface area contributed by atoms with Gasteiger partial charge in [-0.05, 0) is 39.8 Å². The Kier molecular flexibility index (Phi) is 3.73. The summed E-state index contributed by atoms with van der Waals surface area (Å²) < 4.78 is 0. The first-order valence-electron chi connectivity index (χ1n) is 7.38. The van der Waals surface area contributed by atoms with Crippen molar-refractivity contribution in [2.75, 3.05) is 11.5 Å². The van der Waals surface area contributed by atoms with Crippen molar-refractivity contribution in [3.63, 3.8) is 0 Å². The Balaban J connectivity index is 2.22. The van der Waals surface area contributed by atoms with Gasteiger partial charge in [-0.3, -0.25) is 0 Å². The number of benzene rings is 3. The van der Waals surface area contributed by atoms with Crippen LogP contribution in [0.5, 0.6) is 0 Å². The Morgan fingerprint density at radius 3 is 1.32 bits per heavy atom. The van der Waals surface area contributed by atoms with Crippen LogP contribution < -0.4 is 27.0 Å². The summed E-state index contributed by atoms with van der Waals surface area (Å²) in [4.78, 5) is 0. The van der Waals surface area contributed by atoms with Gasteiger partial charge in [0, 0.05) is 11.4 Å². The lowest BCUT2D eigenvalue weighted by atomic mass is 10.3. The molecule has 0 spiro atoms. The van der Waals surface area contributed by atoms with Gasteiger partial charge in [0.05, 0.1) is 0 Å². The van der Waals surface area contributed by atoms with Crippen LogP contribution in [0.4, 0.5) is 11.4 Å². The summed E-state index contributed by atoms with van der Waals surface area (Å²) in [6, 6.07) is 27.3. The fourth-order valence-corrected chi connectivity index (χ4v) is 6.43. The van der Waals surface area contributed by atoms with E-state index in [-0.39, 0.29) is 0 Å². The summed E-state index contributed by atoms with van der Waals surface area (Å²) in [7, 11) is -2.03. The highest BCUT2D eigenvalue weighted by Crippen LogP contribution is 2.10. The number of nitrogens with two attached hydrogens (primary N) is 2. The molecule has 0 aliphatic heterocycles. The third-order valence-corrected chi connectivity index (χ3v) is 8.79. The van der Waals surface area contributed by atoms with E-state index in [9.17, 15) is 0 Å². The molecular formula is C19H20N2Si. The molecule has 3 aromatic rings. The van der Waals surface area contributed by atoms with E-state index in [1.807, 2.05) is 24.3 Å². The minimum absolute atomic E-state index is 0.797. The fourth-order valence-electron chi connectivity index (χ4n) is 2.90. The number of rotatable bonds is 3. The first kappa shape index (κ1) is 14.4. The van der Waals surface area contributed by atoms with Crippen LogP contribution in [0, 0.1) is 0 Å². The number of nitrogen functional groups attached to an aromatic ring is 2. The second kappa shape index (κ2) is 5.70. The van der Waals surface area contributed by atoms with Gasteiger partial charge in [0.1, 0.15) is 8.07 Å². The SMILES string of the molecule is C[Si](c1ccccc1)(c1ccc(N)cc1)c1ccc(N)cc1. The van der Waals surface area contributed by atoms with Crippen molar-refractivity contribution in [2.45, 2.75) is 6.55 Å². The predicted octanol–water partition coefficient (Wildman–Crippen LogP) is 1.95. The zero-order valence-electron chi connectivity index (χ0n) is 12.7. The van der Waals surface area contributed by atoms with Gasteiger partial charge in [-0.1, -0.05) is 61.1 Å². The average Bonchev–Trinajstić information content (AvgIpc) is 2.56. The predicted molar refractivity (Wildman–Crippen MR) is 98.7 cm³/mol. The molecule has 4 N–H and O–H groups in total. The summed E-state index contributed by atoms with van der Waals surface area (Å²) in [6.45, 7) is 2.37. The lowest BCUT2D eigenvalue weighted by Crippen LogP contribution is -2.64. The topological polar surface area (TPSA) is 52.0 Å². The van der Waals surface area contributed by atoms with Gasteiger partial charge in [-0.25, -0.2) is 0 Å². The molecule has 0 atom stereocenters. The van der Waals surface area contributed by atoms with Gasteiger partial charge in [0.2, 0.25) is 0 Å². The van der Waals surface area contributed by atoms with Crippen molar-refractivity contribution in [2.24, 2.45) is 0 Å². The molecular weight excluding hydrogens is 284 g/mol. The first-order valence-corrected chi connectivity index (χ1v) is 9.88. The van der Waals surface area contributed by atoms with E-state index in [0.717, 1.165) is 11.4 Å². The maximum Gasteiger partial charge on any atom is 0.145 e. The van der Waals surface area contributed by atoms with Crippen LogP contribution in [0.25, 0.3) is 0 Å². The molecule has 0 bridgehead atoms. The fraction of sp³-hybridized carbons (Fsp3) is 0.0526. The van der Waals surface area contributed by atoms with E-state index in [1.54, 1.807) is 0 Å². The van der Waals surface area contributed by atoms with Gasteiger partial charge >= 0.3 is 0 Å². The van der Waals surface area contributed by atoms with Gasteiger partial charge in [-0.2, -0.15) is 0 Å². The second-order valence-corrected chi connectivity index (χ2v) is 9.72. The quantitative estimate of drug-likeness (QED) is 0.441. The molecule has 110 valence electrons. The third-order valence-electron chi connectivity index (χ3n) is 4.33. The smallest absolute Gasteiger partial charge is 0.145 e. The van der Waals surface area contributed by atoms with Crippen LogP contribution in [-0.4, -0.2) is 8.07 Å². The Labute approximate surface area is 132 Å². The van der Waals surface area contributed by atoms with E-state index in [4.69, 9.17) is 11.5 Å². The standard InChI is InChI=1S/C19H20N2Si/c1-22(17-5-3-2-4-6-17,18-11-7-15(20)8-12-18)19-13-9-16(21)10-14-19/h2-14H,20-21H2,1H3. The van der Waals surface area contributed by atoms with Crippen LogP contribution in [0.1, 0.15) is 0 Å². The largest absolute Gasteiger partial charge is 0.399 e. The Morgan fingerprint density at radius 2 is 0.909 bits per heavy atom. The number of hydrogen-bond donors (Lipinski definition) is 2. The molecule has 0 aromatic heterocycles. The molecule has 0 fully saturated rings. The van der Waals surface area contributed by atoms with E-state index < -0.39 is 8.07 Å². The number of anilines is 2. The summed E-state index contributed by atoms with van der Waals surface area (Å²) in [5, 5.41) is 4.07. The third kappa shape index (κ3) is 2.51. The van der Waals surface area contributed by atoms with Crippen LogP contribution in [-0.2, 0) is 0 Å². The lowest BCUT2D eigenvalue weighted by molar-refractivity contribution is 1.65. The second-order valence-electron chi connectivity index (χ2n) is 5.74. The Bertz CT molecular complexity index is 704. The molecule has 22 heavy (non-hydrogen) atoms. The van der Waals surface area contributed by atoms with Crippen molar-refractivity contribution in [3.8, 4) is 0 Å². The highest BCUT2D eigenvalue weighted by atomic mass is 28.3. The van der Waals surface area contributed by atoms with Gasteiger partial charge in [0.15, 0.2) is 0 Å². The molecule has 0 aliphatic carbocycles. The minimum atomic E-state index is -2.03. The molecule has 0 amide bonds. The monoisotopic (exact) mass is 304 g/mol. The summed E-state index contributed by atoms with van der Waals surface area (Å²) in [5.74, 6) is 0. The zero-order valence-corrected chi connectivity index (χ0v) is 13.7. The van der Waals surface area contributed by atoms with Crippen molar-refractivity contribution >= 4 is 35.0 Å². The molecule has 2 nitrogen and oxygen atoms in total. The van der Waals surface area contributed by atoms with E-state index in [1.165, 1.54) is 15.6 Å². The normalized spacial score (nSPS) is 11.3. The average molecular weight is 304 g/mol. The van der Waals surface area contributed by atoms with Crippen LogP contribution in [0.3, 0.4) is 0 Å². The van der Waals surface area contributed by atoms with Crippen molar-refractivity contribution in [1.29, 1.82) is 0 Å². The first-order chi connectivity index (χ1) is 10.6. The number of hydrogen-bond acceptors (Lipinski definition) is 2. The zero-order chi connectivity index (χ0) is 15.6. The molecule has 3 rings (SSSR count). The van der Waals surface area contributed by atoms with E-state index >= 15 is 0 Å². The highest BCUT2D eigenvalue weighted by Gasteiger charge is 2.33. The van der Waals surface area contributed by atoms with Crippen molar-refractivity contribution < 1.29 is 0 Å². The van der Waals surface area contributed by atoms with Crippen LogP contribution in [0.15, 0.2) is 78.9 Å². The summed E-state index contributed by atoms with van der Waals surface area (Å²) >= 11 is 0. The molecule has 0 unspecified atom stereocenters. The van der Waals surface area contributed by atoms with Crippen molar-refractivity contribution in [3.05, 3.63) is 78.9 Å². The molecule has 0 saturated carbocycles. The summed E-state index contributed by atoms with van der Waals surface area (Å²) in [6.07, 6.45) is 0. The maximum atomic E-state index is 5.87. The highest BCUT2D eigenvalue weighted by molar-refractivity contribution is 7.10. The Hall–Kier alpha value is -2.52. The molecule has 0 saturated heterocycles. The molecule has 3 heteroatoms. The maximum absolute atomic E-state index is 5.87. The molecule has 3 aromatic carbocycles. The van der Waals surface area contributed by atoms with Crippen LogP contribution >= 0.6 is 0 Å². The summed E-state index contributed by atoms with van der Waals surface area (Å²) in [5.41, 5.74) is 13.3. The van der Waals surface area contributed by atoms with Gasteiger partial charge in [0.25, 0.3) is 0 Å². The van der Waals surface area contributed by atoms with E-state index in [2.05, 4.69) is 61.1 Å². The molecule has 0 radical (unpaired) electrons. The van der Waals surface area contributed by atoms with E-state index in [0.29, 0.717) is 0 Å². The van der Waals surface area contributed by atoms with Gasteiger partial charge in [-0.15, -0.1) is 0 Å². The minimum Gasteiger partial charge on any atom is -0.399 e. The lowest BCUT2D eigenvalue weighted by Gasteiger charge is -2.29. The molecule has 0 heterocycles. The van der Waals surface area contributed by atoms with Crippen LogP contribution in [0.2, 0.25) is 6.55 Å².